The lowest BCUT2D eigenvalue weighted by Crippen LogP contribution is -2.50. The van der Waals surface area contributed by atoms with Gasteiger partial charge in [-0.2, -0.15) is 0 Å². The number of para-hydroxylation sites is 1. The van der Waals surface area contributed by atoms with Crippen LogP contribution in [0.4, 0.5) is 5.69 Å². The van der Waals surface area contributed by atoms with Crippen molar-refractivity contribution in [2.45, 2.75) is 25.3 Å². The van der Waals surface area contributed by atoms with E-state index in [0.29, 0.717) is 5.56 Å². The van der Waals surface area contributed by atoms with E-state index in [1.165, 1.54) is 7.11 Å². The molecule has 1 aromatic rings. The lowest BCUT2D eigenvalue weighted by Gasteiger charge is -2.40. The highest BCUT2D eigenvalue weighted by molar-refractivity contribution is 5.95. The lowest BCUT2D eigenvalue weighted by atomic mass is 9.89. The van der Waals surface area contributed by atoms with Gasteiger partial charge in [0.05, 0.1) is 18.4 Å². The molecule has 4 nitrogen and oxygen atoms in total. The second-order valence-electron chi connectivity index (χ2n) is 5.31. The molecule has 1 aliphatic rings. The molecule has 1 aliphatic heterocycles. The number of nitrogens with zero attached hydrogens (tertiary/aromatic N) is 1. The Bertz CT molecular complexity index is 451. The Hall–Kier alpha value is -1.55. The average molecular weight is 262 g/mol. The molecule has 1 heterocycles. The SMILES string of the molecule is CNC1(C)CCN(c2ccccc2C(=O)OC)CC1. The number of anilines is 1. The molecule has 0 aromatic heterocycles. The second kappa shape index (κ2) is 5.61. The molecule has 2 rings (SSSR count). The first-order chi connectivity index (χ1) is 9.09. The highest BCUT2D eigenvalue weighted by Gasteiger charge is 2.29. The summed E-state index contributed by atoms with van der Waals surface area (Å²) in [5, 5.41) is 3.38. The van der Waals surface area contributed by atoms with Gasteiger partial charge in [-0.05, 0) is 38.9 Å². The van der Waals surface area contributed by atoms with Gasteiger partial charge in [0.1, 0.15) is 0 Å². The summed E-state index contributed by atoms with van der Waals surface area (Å²) in [6, 6.07) is 7.66. The van der Waals surface area contributed by atoms with Crippen LogP contribution in [0.15, 0.2) is 24.3 Å². The van der Waals surface area contributed by atoms with E-state index in [4.69, 9.17) is 4.74 Å². The topological polar surface area (TPSA) is 41.6 Å². The molecule has 1 saturated heterocycles. The molecule has 1 fully saturated rings. The Morgan fingerprint density at radius 1 is 1.32 bits per heavy atom. The fourth-order valence-corrected chi connectivity index (χ4v) is 2.52. The fraction of sp³-hybridized carbons (Fsp3) is 0.533. The first kappa shape index (κ1) is 13.9. The van der Waals surface area contributed by atoms with Crippen LogP contribution in [0.1, 0.15) is 30.1 Å². The standard InChI is InChI=1S/C15H22N2O2/c1-15(16-2)8-10-17(11-9-15)13-7-5-4-6-12(13)14(18)19-3/h4-7,16H,8-11H2,1-3H3. The number of methoxy groups -OCH3 is 1. The fourth-order valence-electron chi connectivity index (χ4n) is 2.52. The molecule has 0 bridgehead atoms. The van der Waals surface area contributed by atoms with Crippen LogP contribution < -0.4 is 10.2 Å². The minimum absolute atomic E-state index is 0.205. The molecule has 19 heavy (non-hydrogen) atoms. The number of ether oxygens (including phenoxy) is 1. The number of piperidine rings is 1. The maximum atomic E-state index is 11.8. The van der Waals surface area contributed by atoms with Crippen molar-refractivity contribution in [3.05, 3.63) is 29.8 Å². The van der Waals surface area contributed by atoms with Gasteiger partial charge in [-0.15, -0.1) is 0 Å². The van der Waals surface area contributed by atoms with Crippen LogP contribution in [-0.2, 0) is 4.74 Å². The zero-order valence-corrected chi connectivity index (χ0v) is 11.9. The van der Waals surface area contributed by atoms with Crippen molar-refractivity contribution in [2.75, 3.05) is 32.1 Å². The number of nitrogens with one attached hydrogen (secondary N) is 1. The van der Waals surface area contributed by atoms with Gasteiger partial charge in [0.15, 0.2) is 0 Å². The second-order valence-corrected chi connectivity index (χ2v) is 5.31. The molecule has 0 radical (unpaired) electrons. The highest BCUT2D eigenvalue weighted by Crippen LogP contribution is 2.28. The summed E-state index contributed by atoms with van der Waals surface area (Å²) < 4.78 is 4.85. The summed E-state index contributed by atoms with van der Waals surface area (Å²) in [5.74, 6) is -0.266. The first-order valence-electron chi connectivity index (χ1n) is 6.71. The third-order valence-electron chi connectivity index (χ3n) is 4.12. The maximum absolute atomic E-state index is 11.8. The maximum Gasteiger partial charge on any atom is 0.339 e. The molecular weight excluding hydrogens is 240 g/mol. The molecule has 1 aromatic carbocycles. The first-order valence-corrected chi connectivity index (χ1v) is 6.71. The minimum atomic E-state index is -0.266. The van der Waals surface area contributed by atoms with Crippen molar-refractivity contribution in [1.82, 2.24) is 5.32 Å². The van der Waals surface area contributed by atoms with Gasteiger partial charge in [0.25, 0.3) is 0 Å². The van der Waals surface area contributed by atoms with Gasteiger partial charge in [0.2, 0.25) is 0 Å². The van der Waals surface area contributed by atoms with Crippen LogP contribution in [0.3, 0.4) is 0 Å². The van der Waals surface area contributed by atoms with Crippen LogP contribution in [0.2, 0.25) is 0 Å². The normalized spacial score (nSPS) is 18.2. The van der Waals surface area contributed by atoms with Crippen molar-refractivity contribution in [3.8, 4) is 0 Å². The van der Waals surface area contributed by atoms with Crippen LogP contribution in [0, 0.1) is 0 Å². The van der Waals surface area contributed by atoms with Crippen molar-refractivity contribution < 1.29 is 9.53 Å². The summed E-state index contributed by atoms with van der Waals surface area (Å²) in [6.07, 6.45) is 2.14. The summed E-state index contributed by atoms with van der Waals surface area (Å²) in [7, 11) is 3.44. The number of benzene rings is 1. The van der Waals surface area contributed by atoms with Gasteiger partial charge in [0, 0.05) is 18.6 Å². The number of carbonyl (C=O) groups excluding carboxylic acids is 1. The minimum Gasteiger partial charge on any atom is -0.465 e. The van der Waals surface area contributed by atoms with Crippen molar-refractivity contribution in [1.29, 1.82) is 0 Å². The Balaban J connectivity index is 2.18. The smallest absolute Gasteiger partial charge is 0.339 e. The van der Waals surface area contributed by atoms with Crippen LogP contribution in [0.5, 0.6) is 0 Å². The molecule has 0 atom stereocenters. The molecular formula is C15H22N2O2. The Morgan fingerprint density at radius 3 is 2.53 bits per heavy atom. The van der Waals surface area contributed by atoms with E-state index in [1.54, 1.807) is 0 Å². The van der Waals surface area contributed by atoms with E-state index >= 15 is 0 Å². The molecule has 0 unspecified atom stereocenters. The van der Waals surface area contributed by atoms with Crippen LogP contribution in [-0.4, -0.2) is 38.8 Å². The average Bonchev–Trinajstić information content (AvgIpc) is 2.47. The summed E-state index contributed by atoms with van der Waals surface area (Å²) in [4.78, 5) is 14.1. The molecule has 0 amide bonds. The van der Waals surface area contributed by atoms with E-state index in [9.17, 15) is 4.79 Å². The number of esters is 1. The number of hydrogen-bond acceptors (Lipinski definition) is 4. The molecule has 4 heteroatoms. The van der Waals surface area contributed by atoms with Crippen molar-refractivity contribution in [3.63, 3.8) is 0 Å². The van der Waals surface area contributed by atoms with E-state index in [1.807, 2.05) is 31.3 Å². The van der Waals surface area contributed by atoms with Gasteiger partial charge in [-0.1, -0.05) is 12.1 Å². The van der Waals surface area contributed by atoms with E-state index in [0.717, 1.165) is 31.6 Å². The predicted octanol–water partition coefficient (Wildman–Crippen LogP) is 2.05. The van der Waals surface area contributed by atoms with E-state index in [-0.39, 0.29) is 11.5 Å². The zero-order valence-electron chi connectivity index (χ0n) is 11.9. The van der Waals surface area contributed by atoms with Gasteiger partial charge in [-0.25, -0.2) is 4.79 Å². The highest BCUT2D eigenvalue weighted by atomic mass is 16.5. The summed E-state index contributed by atoms with van der Waals surface area (Å²) in [6.45, 7) is 4.15. The lowest BCUT2D eigenvalue weighted by molar-refractivity contribution is 0.0601. The number of hydrogen-bond donors (Lipinski definition) is 1. The Kier molecular flexibility index (Phi) is 4.10. The third kappa shape index (κ3) is 2.89. The molecule has 0 saturated carbocycles. The Labute approximate surface area is 114 Å². The van der Waals surface area contributed by atoms with Gasteiger partial charge in [-0.3, -0.25) is 0 Å². The monoisotopic (exact) mass is 262 g/mol. The molecule has 1 N–H and O–H groups in total. The van der Waals surface area contributed by atoms with Gasteiger partial charge < -0.3 is 15.0 Å². The van der Waals surface area contributed by atoms with Crippen molar-refractivity contribution >= 4 is 11.7 Å². The Morgan fingerprint density at radius 2 is 1.95 bits per heavy atom. The van der Waals surface area contributed by atoms with Gasteiger partial charge >= 0.3 is 5.97 Å². The summed E-state index contributed by atoms with van der Waals surface area (Å²) >= 11 is 0. The van der Waals surface area contributed by atoms with E-state index in [2.05, 4.69) is 17.1 Å². The zero-order chi connectivity index (χ0) is 13.9. The quantitative estimate of drug-likeness (QED) is 0.847. The van der Waals surface area contributed by atoms with Crippen molar-refractivity contribution in [2.24, 2.45) is 0 Å². The van der Waals surface area contributed by atoms with Crippen LogP contribution >= 0.6 is 0 Å². The third-order valence-corrected chi connectivity index (χ3v) is 4.12. The molecule has 0 aliphatic carbocycles. The predicted molar refractivity (Wildman–Crippen MR) is 76.7 cm³/mol. The largest absolute Gasteiger partial charge is 0.465 e. The number of carbonyl (C=O) groups is 1. The van der Waals surface area contributed by atoms with E-state index < -0.39 is 0 Å². The number of rotatable bonds is 3. The molecule has 0 spiro atoms. The summed E-state index contributed by atoms with van der Waals surface area (Å²) in [5.41, 5.74) is 1.84. The molecule has 104 valence electrons. The van der Waals surface area contributed by atoms with Crippen LogP contribution in [0.25, 0.3) is 0 Å².